The average molecular weight is 500 g/mol. The highest BCUT2D eigenvalue weighted by Gasteiger charge is 2.43. The number of hydrogen-bond acceptors (Lipinski definition) is 6. The zero-order valence-electron chi connectivity index (χ0n) is 16.8. The molecular formula is C18H17F9O6. The molecule has 0 rings (SSSR count). The maximum absolute atomic E-state index is 12.5. The molecule has 0 spiro atoms. The first-order valence-corrected chi connectivity index (χ1v) is 8.47. The minimum Gasteiger partial charge on any atom is -0.461 e. The molecule has 0 aliphatic heterocycles. The first-order valence-electron chi connectivity index (χ1n) is 8.47. The average Bonchev–Trinajstić information content (AvgIpc) is 2.68. The highest BCUT2D eigenvalue weighted by Crippen LogP contribution is 2.31. The van der Waals surface area contributed by atoms with Gasteiger partial charge in [-0.25, -0.2) is 14.4 Å². The third-order valence-corrected chi connectivity index (χ3v) is 4.04. The van der Waals surface area contributed by atoms with E-state index in [1.807, 2.05) is 0 Å². The number of hydrogen-bond donors (Lipinski definition) is 0. The fourth-order valence-electron chi connectivity index (χ4n) is 1.70. The molecule has 0 aromatic carbocycles. The van der Waals surface area contributed by atoms with Crippen LogP contribution >= 0.6 is 0 Å². The van der Waals surface area contributed by atoms with Gasteiger partial charge in [-0.05, 0) is 6.42 Å². The molecular weight excluding hydrogens is 483 g/mol. The molecule has 0 N–H and O–H groups in total. The summed E-state index contributed by atoms with van der Waals surface area (Å²) in [5.41, 5.74) is -7.96. The number of halogens is 9. The molecule has 0 aromatic rings. The van der Waals surface area contributed by atoms with Gasteiger partial charge in [0.05, 0.1) is 5.41 Å². The van der Waals surface area contributed by atoms with E-state index in [0.29, 0.717) is 0 Å². The molecule has 0 heterocycles. The zero-order valence-corrected chi connectivity index (χ0v) is 16.8. The molecule has 0 atom stereocenters. The minimum atomic E-state index is -5.21. The van der Waals surface area contributed by atoms with Gasteiger partial charge < -0.3 is 14.2 Å². The molecule has 0 amide bonds. The monoisotopic (exact) mass is 500 g/mol. The van der Waals surface area contributed by atoms with Crippen molar-refractivity contribution in [1.29, 1.82) is 0 Å². The van der Waals surface area contributed by atoms with Gasteiger partial charge in [-0.3, -0.25) is 0 Å². The molecule has 15 heteroatoms. The summed E-state index contributed by atoms with van der Waals surface area (Å²) in [5.74, 6) is -6.09. The van der Waals surface area contributed by atoms with Crippen LogP contribution in [0.25, 0.3) is 0 Å². The fourth-order valence-corrected chi connectivity index (χ4v) is 1.70. The topological polar surface area (TPSA) is 78.9 Å². The predicted octanol–water partition coefficient (Wildman–Crippen LogP) is 4.37. The maximum Gasteiger partial charge on any atom is 0.422 e. The Hall–Kier alpha value is -3.00. The summed E-state index contributed by atoms with van der Waals surface area (Å²) in [7, 11) is 0. The Labute approximate surface area is 180 Å². The van der Waals surface area contributed by atoms with Crippen LogP contribution in [0.15, 0.2) is 36.5 Å². The summed E-state index contributed by atoms with van der Waals surface area (Å²) in [6.45, 7) is 5.04. The Morgan fingerprint density at radius 2 is 0.788 bits per heavy atom. The van der Waals surface area contributed by atoms with Gasteiger partial charge in [-0.15, -0.1) is 0 Å². The molecule has 0 aromatic heterocycles. The van der Waals surface area contributed by atoms with E-state index in [9.17, 15) is 53.9 Å². The van der Waals surface area contributed by atoms with Crippen LogP contribution in [-0.4, -0.2) is 56.3 Å². The van der Waals surface area contributed by atoms with E-state index in [2.05, 4.69) is 33.9 Å². The molecule has 33 heavy (non-hydrogen) atoms. The van der Waals surface area contributed by atoms with Crippen molar-refractivity contribution in [2.45, 2.75) is 31.9 Å². The molecule has 188 valence electrons. The number of esters is 3. The molecule has 0 fully saturated rings. The van der Waals surface area contributed by atoms with Gasteiger partial charge in [0.1, 0.15) is 36.5 Å². The van der Waals surface area contributed by atoms with Gasteiger partial charge in [-0.1, -0.05) is 26.7 Å². The second kappa shape index (κ2) is 10.7. The first-order chi connectivity index (χ1) is 14.7. The number of rotatable bonds is 10. The van der Waals surface area contributed by atoms with Gasteiger partial charge in [0, 0.05) is 0 Å². The lowest BCUT2D eigenvalue weighted by molar-refractivity contribution is -0.166. The van der Waals surface area contributed by atoms with Crippen LogP contribution in [0.1, 0.15) is 13.3 Å². The van der Waals surface area contributed by atoms with Crippen LogP contribution in [0.4, 0.5) is 39.5 Å². The molecule has 0 unspecified atom stereocenters. The van der Waals surface area contributed by atoms with E-state index in [1.165, 1.54) is 6.92 Å². The zero-order chi connectivity index (χ0) is 26.4. The summed E-state index contributed by atoms with van der Waals surface area (Å²) in [4.78, 5) is 34.6. The summed E-state index contributed by atoms with van der Waals surface area (Å²) in [6, 6.07) is 0. The van der Waals surface area contributed by atoms with Gasteiger partial charge in [0.2, 0.25) is 0 Å². The number of alkyl halides is 9. The molecule has 0 bridgehead atoms. The largest absolute Gasteiger partial charge is 0.461 e. The van der Waals surface area contributed by atoms with E-state index in [1.54, 1.807) is 0 Å². The van der Waals surface area contributed by atoms with Crippen LogP contribution in [0.2, 0.25) is 0 Å². The predicted molar refractivity (Wildman–Crippen MR) is 91.2 cm³/mol. The molecule has 6 nitrogen and oxygen atoms in total. The van der Waals surface area contributed by atoms with Crippen molar-refractivity contribution < 1.29 is 68.1 Å². The second-order valence-corrected chi connectivity index (χ2v) is 6.51. The summed E-state index contributed by atoms with van der Waals surface area (Å²) >= 11 is 0. The summed E-state index contributed by atoms with van der Waals surface area (Å²) < 4.78 is 126. The normalized spacial score (nSPS) is 12.5. The van der Waals surface area contributed by atoms with Gasteiger partial charge in [-0.2, -0.15) is 39.5 Å². The van der Waals surface area contributed by atoms with Crippen molar-refractivity contribution in [3.63, 3.8) is 0 Å². The van der Waals surface area contributed by atoms with E-state index >= 15 is 0 Å². The number of carbonyl (C=O) groups is 3. The van der Waals surface area contributed by atoms with E-state index in [0.717, 1.165) is 0 Å². The molecule has 0 aliphatic rings. The standard InChI is InChI=1S/C18H17F9O6/c1-5-15(6-31-12(28)9(2)16(19,20)21,7-32-13(29)10(3)17(22,23)24)8-33-14(30)11(4)18(25,26)27/h2-8H2,1H3. The van der Waals surface area contributed by atoms with E-state index in [-0.39, 0.29) is 0 Å². The van der Waals surface area contributed by atoms with Crippen LogP contribution < -0.4 is 0 Å². The summed E-state index contributed by atoms with van der Waals surface area (Å²) in [5, 5.41) is 0. The van der Waals surface area contributed by atoms with Crippen molar-refractivity contribution in [2.75, 3.05) is 19.8 Å². The van der Waals surface area contributed by atoms with Crippen molar-refractivity contribution in [2.24, 2.45) is 5.41 Å². The fraction of sp³-hybridized carbons (Fsp3) is 0.500. The van der Waals surface area contributed by atoms with Crippen molar-refractivity contribution >= 4 is 17.9 Å². The maximum atomic E-state index is 12.5. The van der Waals surface area contributed by atoms with Crippen LogP contribution in [0.3, 0.4) is 0 Å². The number of carbonyl (C=O) groups excluding carboxylic acids is 3. The minimum absolute atomic E-state index is 0.420. The molecule has 0 saturated heterocycles. The third-order valence-electron chi connectivity index (χ3n) is 4.04. The van der Waals surface area contributed by atoms with Crippen molar-refractivity contribution in [3.8, 4) is 0 Å². The van der Waals surface area contributed by atoms with E-state index < -0.39 is 84.8 Å². The Morgan fingerprint density at radius 3 is 0.939 bits per heavy atom. The Kier molecular flexibility index (Phi) is 9.77. The Balaban J connectivity index is 5.65. The Morgan fingerprint density at radius 1 is 0.576 bits per heavy atom. The van der Waals surface area contributed by atoms with Crippen LogP contribution in [0, 0.1) is 5.41 Å². The van der Waals surface area contributed by atoms with Crippen molar-refractivity contribution in [1.82, 2.24) is 0 Å². The highest BCUT2D eigenvalue weighted by molar-refractivity contribution is 5.90. The Bertz CT molecular complexity index is 703. The van der Waals surface area contributed by atoms with Gasteiger partial charge in [0.15, 0.2) is 0 Å². The highest BCUT2D eigenvalue weighted by atomic mass is 19.4. The second-order valence-electron chi connectivity index (χ2n) is 6.51. The lowest BCUT2D eigenvalue weighted by atomic mass is 9.88. The lowest BCUT2D eigenvalue weighted by Gasteiger charge is -2.31. The summed E-state index contributed by atoms with van der Waals surface area (Å²) in [6.07, 6.45) is -16.0. The SMILES string of the molecule is C=C(C(=O)OCC(CC)(COC(=O)C(=C)C(F)(F)F)COC(=O)C(=C)C(F)(F)F)C(F)(F)F. The third kappa shape index (κ3) is 9.18. The number of ether oxygens (including phenoxy) is 3. The van der Waals surface area contributed by atoms with Crippen molar-refractivity contribution in [3.05, 3.63) is 36.5 Å². The molecule has 0 radical (unpaired) electrons. The van der Waals surface area contributed by atoms with Gasteiger partial charge in [0.25, 0.3) is 0 Å². The lowest BCUT2D eigenvalue weighted by Crippen LogP contribution is -2.40. The van der Waals surface area contributed by atoms with E-state index in [4.69, 9.17) is 0 Å². The molecule has 0 aliphatic carbocycles. The van der Waals surface area contributed by atoms with Gasteiger partial charge >= 0.3 is 36.4 Å². The molecule has 0 saturated carbocycles. The van der Waals surface area contributed by atoms with Crippen LogP contribution in [-0.2, 0) is 28.6 Å². The first kappa shape index (κ1) is 30.0. The smallest absolute Gasteiger partial charge is 0.422 e. The quantitative estimate of drug-likeness (QED) is 0.192. The van der Waals surface area contributed by atoms with Crippen LogP contribution in [0.5, 0.6) is 0 Å².